The summed E-state index contributed by atoms with van der Waals surface area (Å²) >= 11 is 2.23. The first-order chi connectivity index (χ1) is 8.24. The number of benzene rings is 1. The molecule has 0 bridgehead atoms. The third-order valence-electron chi connectivity index (χ3n) is 1.92. The average Bonchev–Trinajstić information content (AvgIpc) is 2.31. The number of para-hydroxylation sites is 1. The van der Waals surface area contributed by atoms with Crippen molar-refractivity contribution >= 4 is 28.6 Å². The number of carbonyl (C=O) groups is 1. The molecule has 0 aliphatic rings. The highest BCUT2D eigenvalue weighted by atomic mass is 127. The van der Waals surface area contributed by atoms with Gasteiger partial charge in [0.15, 0.2) is 0 Å². The molecule has 0 aromatic heterocycles. The van der Waals surface area contributed by atoms with Crippen LogP contribution in [0.25, 0.3) is 0 Å². The van der Waals surface area contributed by atoms with E-state index in [1.165, 1.54) is 6.08 Å². The average molecular weight is 346 g/mol. The van der Waals surface area contributed by atoms with Crippen molar-refractivity contribution in [3.8, 4) is 5.75 Å². The van der Waals surface area contributed by atoms with Gasteiger partial charge in [0, 0.05) is 6.08 Å². The summed E-state index contributed by atoms with van der Waals surface area (Å²) in [4.78, 5) is 11.0. The second-order valence-electron chi connectivity index (χ2n) is 3.22. The van der Waals surface area contributed by atoms with Gasteiger partial charge < -0.3 is 9.47 Å². The van der Waals surface area contributed by atoms with Gasteiger partial charge in [-0.1, -0.05) is 18.2 Å². The number of hydrogen-bond donors (Lipinski definition) is 0. The van der Waals surface area contributed by atoms with Gasteiger partial charge in [-0.05, 0) is 48.1 Å². The van der Waals surface area contributed by atoms with E-state index in [0.717, 1.165) is 9.32 Å². The lowest BCUT2D eigenvalue weighted by atomic mass is 10.3. The maximum absolute atomic E-state index is 11.0. The largest absolute Gasteiger partial charge is 0.492 e. The van der Waals surface area contributed by atoms with Gasteiger partial charge in [0.05, 0.1) is 16.8 Å². The zero-order valence-corrected chi connectivity index (χ0v) is 11.8. The number of halogens is 1. The standard InChI is InChI=1S/C13H15IO3/c1-2-16-13(15)9-5-6-10-17-12-8-4-3-7-11(12)14/h3-5,7-9H,2,6,10H2,1H3/b9-5+. The Labute approximate surface area is 115 Å². The molecule has 0 N–H and O–H groups in total. The summed E-state index contributed by atoms with van der Waals surface area (Å²) in [5.41, 5.74) is 0. The Kier molecular flexibility index (Phi) is 6.69. The van der Waals surface area contributed by atoms with Gasteiger partial charge in [0.25, 0.3) is 0 Å². The minimum Gasteiger partial charge on any atom is -0.492 e. The molecule has 0 fully saturated rings. The summed E-state index contributed by atoms with van der Waals surface area (Å²) in [5, 5.41) is 0. The molecular formula is C13H15IO3. The molecular weight excluding hydrogens is 331 g/mol. The molecule has 92 valence electrons. The van der Waals surface area contributed by atoms with Crippen LogP contribution >= 0.6 is 22.6 Å². The van der Waals surface area contributed by atoms with Gasteiger partial charge >= 0.3 is 5.97 Å². The van der Waals surface area contributed by atoms with Crippen LogP contribution in [0.3, 0.4) is 0 Å². The fourth-order valence-electron chi connectivity index (χ4n) is 1.17. The maximum atomic E-state index is 11.0. The Bertz CT molecular complexity index is 388. The third-order valence-corrected chi connectivity index (χ3v) is 2.81. The summed E-state index contributed by atoms with van der Waals surface area (Å²) in [5.74, 6) is 0.569. The van der Waals surface area contributed by atoms with Crippen LogP contribution in [0.5, 0.6) is 5.75 Å². The topological polar surface area (TPSA) is 35.5 Å². The van der Waals surface area contributed by atoms with E-state index in [1.807, 2.05) is 24.3 Å². The zero-order valence-electron chi connectivity index (χ0n) is 9.69. The highest BCUT2D eigenvalue weighted by Crippen LogP contribution is 2.19. The molecule has 4 heteroatoms. The minimum atomic E-state index is -0.304. The van der Waals surface area contributed by atoms with Crippen molar-refractivity contribution in [2.75, 3.05) is 13.2 Å². The van der Waals surface area contributed by atoms with Gasteiger partial charge in [0.2, 0.25) is 0 Å². The third kappa shape index (κ3) is 5.72. The Morgan fingerprint density at radius 1 is 1.41 bits per heavy atom. The van der Waals surface area contributed by atoms with Crippen LogP contribution in [-0.4, -0.2) is 19.2 Å². The minimum absolute atomic E-state index is 0.304. The first-order valence-electron chi connectivity index (χ1n) is 5.44. The fraction of sp³-hybridized carbons (Fsp3) is 0.308. The molecule has 0 aliphatic heterocycles. The Morgan fingerprint density at radius 2 is 2.18 bits per heavy atom. The number of hydrogen-bond acceptors (Lipinski definition) is 3. The van der Waals surface area contributed by atoms with Crippen molar-refractivity contribution in [3.63, 3.8) is 0 Å². The van der Waals surface area contributed by atoms with E-state index in [4.69, 9.17) is 9.47 Å². The van der Waals surface area contributed by atoms with Crippen molar-refractivity contribution in [1.82, 2.24) is 0 Å². The van der Waals surface area contributed by atoms with E-state index >= 15 is 0 Å². The molecule has 0 radical (unpaired) electrons. The van der Waals surface area contributed by atoms with Gasteiger partial charge in [-0.25, -0.2) is 4.79 Å². The van der Waals surface area contributed by atoms with E-state index in [9.17, 15) is 4.79 Å². The maximum Gasteiger partial charge on any atom is 0.330 e. The summed E-state index contributed by atoms with van der Waals surface area (Å²) in [7, 11) is 0. The van der Waals surface area contributed by atoms with Crippen LogP contribution in [0.4, 0.5) is 0 Å². The van der Waals surface area contributed by atoms with Crippen molar-refractivity contribution in [3.05, 3.63) is 40.0 Å². The SMILES string of the molecule is CCOC(=O)/C=C/CCOc1ccccc1I. The fourth-order valence-corrected chi connectivity index (χ4v) is 1.71. The van der Waals surface area contributed by atoms with Gasteiger partial charge in [0.1, 0.15) is 5.75 Å². The molecule has 0 amide bonds. The molecule has 17 heavy (non-hydrogen) atoms. The Balaban J connectivity index is 2.25. The monoisotopic (exact) mass is 346 g/mol. The second-order valence-corrected chi connectivity index (χ2v) is 4.38. The summed E-state index contributed by atoms with van der Waals surface area (Å²) < 4.78 is 11.4. The predicted octanol–water partition coefficient (Wildman–Crippen LogP) is 3.18. The highest BCUT2D eigenvalue weighted by molar-refractivity contribution is 14.1. The van der Waals surface area contributed by atoms with Crippen molar-refractivity contribution in [1.29, 1.82) is 0 Å². The Morgan fingerprint density at radius 3 is 2.88 bits per heavy atom. The smallest absolute Gasteiger partial charge is 0.330 e. The lowest BCUT2D eigenvalue weighted by molar-refractivity contribution is -0.137. The van der Waals surface area contributed by atoms with Crippen LogP contribution in [0.15, 0.2) is 36.4 Å². The molecule has 0 saturated heterocycles. The second kappa shape index (κ2) is 8.11. The highest BCUT2D eigenvalue weighted by Gasteiger charge is 1.97. The number of rotatable bonds is 6. The van der Waals surface area contributed by atoms with Crippen molar-refractivity contribution < 1.29 is 14.3 Å². The number of ether oxygens (including phenoxy) is 2. The van der Waals surface area contributed by atoms with E-state index in [2.05, 4.69) is 22.6 Å². The van der Waals surface area contributed by atoms with Crippen molar-refractivity contribution in [2.45, 2.75) is 13.3 Å². The van der Waals surface area contributed by atoms with E-state index in [-0.39, 0.29) is 5.97 Å². The predicted molar refractivity (Wildman–Crippen MR) is 75.0 cm³/mol. The van der Waals surface area contributed by atoms with E-state index < -0.39 is 0 Å². The zero-order chi connectivity index (χ0) is 12.5. The lowest BCUT2D eigenvalue weighted by Crippen LogP contribution is -2.00. The molecule has 0 aliphatic carbocycles. The van der Waals surface area contributed by atoms with E-state index in [0.29, 0.717) is 19.6 Å². The van der Waals surface area contributed by atoms with Gasteiger partial charge in [-0.2, -0.15) is 0 Å². The van der Waals surface area contributed by atoms with Crippen molar-refractivity contribution in [2.24, 2.45) is 0 Å². The normalized spacial score (nSPS) is 10.5. The van der Waals surface area contributed by atoms with Gasteiger partial charge in [-0.15, -0.1) is 0 Å². The molecule has 0 spiro atoms. The van der Waals surface area contributed by atoms with Crippen LogP contribution in [0, 0.1) is 3.57 Å². The molecule has 3 nitrogen and oxygen atoms in total. The molecule has 1 aromatic rings. The Hall–Kier alpha value is -1.04. The van der Waals surface area contributed by atoms with Crippen LogP contribution in [0.2, 0.25) is 0 Å². The van der Waals surface area contributed by atoms with Crippen LogP contribution in [-0.2, 0) is 9.53 Å². The quantitative estimate of drug-likeness (QED) is 0.344. The first-order valence-corrected chi connectivity index (χ1v) is 6.52. The first kappa shape index (κ1) is 14.0. The summed E-state index contributed by atoms with van der Waals surface area (Å²) in [6.45, 7) is 2.74. The molecule has 0 heterocycles. The molecule has 0 atom stereocenters. The molecule has 0 saturated carbocycles. The van der Waals surface area contributed by atoms with E-state index in [1.54, 1.807) is 13.0 Å². The van der Waals surface area contributed by atoms with Crippen LogP contribution < -0.4 is 4.74 Å². The van der Waals surface area contributed by atoms with Crippen LogP contribution in [0.1, 0.15) is 13.3 Å². The molecule has 0 unspecified atom stereocenters. The summed E-state index contributed by atoms with van der Waals surface area (Å²) in [6, 6.07) is 7.82. The molecule has 1 aromatic carbocycles. The van der Waals surface area contributed by atoms with Gasteiger partial charge in [-0.3, -0.25) is 0 Å². The number of esters is 1. The molecule has 1 rings (SSSR count). The number of carbonyl (C=O) groups excluding carboxylic acids is 1. The summed E-state index contributed by atoms with van der Waals surface area (Å²) in [6.07, 6.45) is 3.88. The lowest BCUT2D eigenvalue weighted by Gasteiger charge is -2.05.